The molecule has 0 bridgehead atoms. The normalized spacial score (nSPS) is 15.1. The van der Waals surface area contributed by atoms with Gasteiger partial charge < -0.3 is 5.32 Å². The largest absolute Gasteiger partial charge is 0.416 e. The summed E-state index contributed by atoms with van der Waals surface area (Å²) in [4.78, 5) is 16.6. The zero-order valence-electron chi connectivity index (χ0n) is 16.6. The molecule has 3 aromatic rings. The molecule has 1 saturated heterocycles. The molecule has 1 aliphatic rings. The lowest BCUT2D eigenvalue weighted by Crippen LogP contribution is -2.28. The summed E-state index contributed by atoms with van der Waals surface area (Å²) in [6.07, 6.45) is -0.610. The molecule has 2 heterocycles. The Morgan fingerprint density at radius 2 is 1.81 bits per heavy atom. The van der Waals surface area contributed by atoms with E-state index in [2.05, 4.69) is 15.4 Å². The third kappa shape index (κ3) is 4.36. The number of aromatic nitrogens is 3. The maximum atomic E-state index is 13.2. The summed E-state index contributed by atoms with van der Waals surface area (Å²) in [5.74, 6) is -0.760. The monoisotopic (exact) mass is 465 g/mol. The number of nitrogens with zero attached hydrogens (tertiary/aromatic N) is 4. The van der Waals surface area contributed by atoms with Crippen LogP contribution in [0.1, 0.15) is 28.8 Å². The first-order valence-electron chi connectivity index (χ1n) is 9.64. The molecule has 0 saturated carbocycles. The van der Waals surface area contributed by atoms with Gasteiger partial charge in [-0.25, -0.2) is 18.1 Å². The van der Waals surface area contributed by atoms with E-state index in [9.17, 15) is 26.4 Å². The lowest BCUT2D eigenvalue weighted by Gasteiger charge is -2.17. The Morgan fingerprint density at radius 1 is 1.06 bits per heavy atom. The first-order chi connectivity index (χ1) is 15.2. The van der Waals surface area contributed by atoms with Gasteiger partial charge in [0, 0.05) is 18.7 Å². The van der Waals surface area contributed by atoms with Crippen LogP contribution in [0.15, 0.2) is 60.0 Å². The minimum Gasteiger partial charge on any atom is -0.320 e. The molecule has 0 aliphatic carbocycles. The van der Waals surface area contributed by atoms with Crippen molar-refractivity contribution in [3.8, 4) is 5.69 Å². The van der Waals surface area contributed by atoms with Crippen molar-refractivity contribution in [3.63, 3.8) is 0 Å². The van der Waals surface area contributed by atoms with E-state index in [0.29, 0.717) is 13.1 Å². The second-order valence-electron chi connectivity index (χ2n) is 7.16. The van der Waals surface area contributed by atoms with Crippen LogP contribution in [0.25, 0.3) is 5.69 Å². The molecule has 1 N–H and O–H groups in total. The molecule has 168 valence electrons. The maximum Gasteiger partial charge on any atom is 0.416 e. The summed E-state index contributed by atoms with van der Waals surface area (Å²) in [5, 5.41) is 6.34. The molecular weight excluding hydrogens is 447 g/mol. The van der Waals surface area contributed by atoms with Gasteiger partial charge in [-0.05, 0) is 49.2 Å². The molecule has 4 rings (SSSR count). The standard InChI is InChI=1S/C20H18F3N5O3S/c21-20(22,23)15-6-7-18(28-13-24-12-25-28)17(11-15)26-19(29)14-4-3-5-16(10-14)32(30,31)27-8-1-2-9-27/h3-7,10-13H,1-2,8-9H2,(H,26,29). The van der Waals surface area contributed by atoms with E-state index >= 15 is 0 Å². The molecular formula is C20H18F3N5O3S. The van der Waals surface area contributed by atoms with E-state index in [0.717, 1.165) is 25.0 Å². The van der Waals surface area contributed by atoms with Crippen LogP contribution in [0.2, 0.25) is 0 Å². The lowest BCUT2D eigenvalue weighted by molar-refractivity contribution is -0.137. The van der Waals surface area contributed by atoms with Gasteiger partial charge in [0.2, 0.25) is 10.0 Å². The highest BCUT2D eigenvalue weighted by atomic mass is 32.2. The maximum absolute atomic E-state index is 13.2. The number of benzene rings is 2. The summed E-state index contributed by atoms with van der Waals surface area (Å²) in [7, 11) is -3.76. The van der Waals surface area contributed by atoms with Gasteiger partial charge in [-0.1, -0.05) is 6.07 Å². The Hall–Kier alpha value is -3.25. The molecule has 32 heavy (non-hydrogen) atoms. The minimum absolute atomic E-state index is 0.00720. The van der Waals surface area contributed by atoms with Gasteiger partial charge in [0.05, 0.1) is 21.8 Å². The van der Waals surface area contributed by atoms with Gasteiger partial charge >= 0.3 is 6.18 Å². The number of hydrogen-bond acceptors (Lipinski definition) is 5. The molecule has 0 unspecified atom stereocenters. The average Bonchev–Trinajstić information content (AvgIpc) is 3.48. The van der Waals surface area contributed by atoms with E-state index in [1.807, 2.05) is 0 Å². The Labute approximate surface area is 181 Å². The zero-order chi connectivity index (χ0) is 22.9. The fourth-order valence-electron chi connectivity index (χ4n) is 3.41. The summed E-state index contributed by atoms with van der Waals surface area (Å²) in [5.41, 5.74) is -0.943. The van der Waals surface area contributed by atoms with Crippen LogP contribution >= 0.6 is 0 Å². The van der Waals surface area contributed by atoms with Crippen molar-refractivity contribution >= 4 is 21.6 Å². The van der Waals surface area contributed by atoms with E-state index < -0.39 is 27.7 Å². The lowest BCUT2D eigenvalue weighted by atomic mass is 10.1. The van der Waals surface area contributed by atoms with Crippen molar-refractivity contribution in [1.82, 2.24) is 19.1 Å². The van der Waals surface area contributed by atoms with Crippen molar-refractivity contribution in [3.05, 3.63) is 66.2 Å². The third-order valence-corrected chi connectivity index (χ3v) is 6.93. The molecule has 1 amide bonds. The van der Waals surface area contributed by atoms with Crippen LogP contribution in [-0.4, -0.2) is 46.5 Å². The summed E-state index contributed by atoms with van der Waals surface area (Å²) in [6, 6.07) is 8.24. The Balaban J connectivity index is 1.67. The van der Waals surface area contributed by atoms with Crippen LogP contribution in [0.4, 0.5) is 18.9 Å². The molecule has 1 aromatic heterocycles. The van der Waals surface area contributed by atoms with Crippen molar-refractivity contribution in [2.24, 2.45) is 0 Å². The number of hydrogen-bond donors (Lipinski definition) is 1. The van der Waals surface area contributed by atoms with Crippen LogP contribution in [0.3, 0.4) is 0 Å². The average molecular weight is 465 g/mol. The highest BCUT2D eigenvalue weighted by Gasteiger charge is 2.32. The molecule has 8 nitrogen and oxygen atoms in total. The molecule has 0 atom stereocenters. The van der Waals surface area contributed by atoms with Gasteiger partial charge in [0.1, 0.15) is 12.7 Å². The summed E-state index contributed by atoms with van der Waals surface area (Å²) in [6.45, 7) is 0.814. The topological polar surface area (TPSA) is 97.2 Å². The number of rotatable bonds is 5. The Kier molecular flexibility index (Phi) is 5.73. The molecule has 1 fully saturated rings. The predicted molar refractivity (Wildman–Crippen MR) is 109 cm³/mol. The first kappa shape index (κ1) is 22.0. The Bertz CT molecular complexity index is 1240. The third-order valence-electron chi connectivity index (χ3n) is 5.04. The van der Waals surface area contributed by atoms with Gasteiger partial charge in [-0.2, -0.15) is 22.6 Å². The van der Waals surface area contributed by atoms with Crippen molar-refractivity contribution < 1.29 is 26.4 Å². The number of alkyl halides is 3. The van der Waals surface area contributed by atoms with E-state index in [1.54, 1.807) is 0 Å². The van der Waals surface area contributed by atoms with Gasteiger partial charge in [0.15, 0.2) is 0 Å². The predicted octanol–water partition coefficient (Wildman–Crippen LogP) is 3.32. The highest BCUT2D eigenvalue weighted by molar-refractivity contribution is 7.89. The fraction of sp³-hybridized carbons (Fsp3) is 0.250. The van der Waals surface area contributed by atoms with Crippen LogP contribution in [0, 0.1) is 0 Å². The van der Waals surface area contributed by atoms with Crippen LogP contribution in [-0.2, 0) is 16.2 Å². The second-order valence-corrected chi connectivity index (χ2v) is 9.10. The van der Waals surface area contributed by atoms with E-state index in [1.165, 1.54) is 52.0 Å². The number of halogens is 3. The second kappa shape index (κ2) is 8.36. The minimum atomic E-state index is -4.62. The molecule has 0 radical (unpaired) electrons. The number of anilines is 1. The quantitative estimate of drug-likeness (QED) is 0.624. The first-order valence-corrected chi connectivity index (χ1v) is 11.1. The summed E-state index contributed by atoms with van der Waals surface area (Å²) >= 11 is 0. The molecule has 1 aliphatic heterocycles. The Morgan fingerprint density at radius 3 is 2.47 bits per heavy atom. The molecule has 0 spiro atoms. The van der Waals surface area contributed by atoms with Gasteiger partial charge in [0.25, 0.3) is 5.91 Å². The number of nitrogens with one attached hydrogen (secondary N) is 1. The van der Waals surface area contributed by atoms with Gasteiger partial charge in [-0.3, -0.25) is 4.79 Å². The van der Waals surface area contributed by atoms with Crippen LogP contribution in [0.5, 0.6) is 0 Å². The molecule has 12 heteroatoms. The number of sulfonamides is 1. The van der Waals surface area contributed by atoms with Crippen LogP contribution < -0.4 is 5.32 Å². The number of amides is 1. The van der Waals surface area contributed by atoms with E-state index in [-0.39, 0.29) is 21.8 Å². The number of carbonyl (C=O) groups is 1. The summed E-state index contributed by atoms with van der Waals surface area (Å²) < 4.78 is 67.8. The smallest absolute Gasteiger partial charge is 0.320 e. The zero-order valence-corrected chi connectivity index (χ0v) is 17.4. The molecule has 2 aromatic carbocycles. The van der Waals surface area contributed by atoms with Gasteiger partial charge in [-0.15, -0.1) is 0 Å². The fourth-order valence-corrected chi connectivity index (χ4v) is 4.98. The SMILES string of the molecule is O=C(Nc1cc(C(F)(F)F)ccc1-n1cncn1)c1cccc(S(=O)(=O)N2CCCC2)c1. The van der Waals surface area contributed by atoms with Crippen molar-refractivity contribution in [2.75, 3.05) is 18.4 Å². The van der Waals surface area contributed by atoms with E-state index in [4.69, 9.17) is 0 Å². The number of carbonyl (C=O) groups excluding carboxylic acids is 1. The highest BCUT2D eigenvalue weighted by Crippen LogP contribution is 2.33. The van der Waals surface area contributed by atoms with Crippen molar-refractivity contribution in [1.29, 1.82) is 0 Å². The van der Waals surface area contributed by atoms with Crippen molar-refractivity contribution in [2.45, 2.75) is 23.9 Å².